The average Bonchev–Trinajstić information content (AvgIpc) is 2.36. The van der Waals surface area contributed by atoms with Crippen molar-refractivity contribution in [3.63, 3.8) is 0 Å². The van der Waals surface area contributed by atoms with E-state index in [1.54, 1.807) is 6.92 Å². The second kappa shape index (κ2) is 8.53. The predicted molar refractivity (Wildman–Crippen MR) is 74.2 cm³/mol. The number of esters is 1. The van der Waals surface area contributed by atoms with Crippen molar-refractivity contribution in [1.82, 2.24) is 4.72 Å². The van der Waals surface area contributed by atoms with Crippen molar-refractivity contribution in [2.24, 2.45) is 5.92 Å². The van der Waals surface area contributed by atoms with Crippen molar-refractivity contribution >= 4 is 16.0 Å². The topological polar surface area (TPSA) is 72.5 Å². The first kappa shape index (κ1) is 16.4. The monoisotopic (exact) mass is 291 g/mol. The Kier molecular flexibility index (Phi) is 7.38. The van der Waals surface area contributed by atoms with Crippen LogP contribution >= 0.6 is 0 Å². The molecule has 0 saturated heterocycles. The highest BCUT2D eigenvalue weighted by molar-refractivity contribution is 7.89. The van der Waals surface area contributed by atoms with Crippen LogP contribution in [0.4, 0.5) is 0 Å². The number of sulfonamides is 1. The van der Waals surface area contributed by atoms with Gasteiger partial charge in [0.1, 0.15) is 0 Å². The van der Waals surface area contributed by atoms with Crippen molar-refractivity contribution in [2.45, 2.75) is 51.9 Å². The smallest absolute Gasteiger partial charge is 0.305 e. The summed E-state index contributed by atoms with van der Waals surface area (Å²) in [6.07, 6.45) is 6.30. The Morgan fingerprint density at radius 3 is 2.58 bits per heavy atom. The molecule has 0 bridgehead atoms. The van der Waals surface area contributed by atoms with Crippen LogP contribution in [0.25, 0.3) is 0 Å². The molecule has 0 aliphatic heterocycles. The Balaban J connectivity index is 2.17. The molecule has 112 valence electrons. The SMILES string of the molecule is CCOC(=O)CCCNS(=O)(=O)CC1CCCCC1. The summed E-state index contributed by atoms with van der Waals surface area (Å²) in [5.74, 6) is 0.261. The molecular formula is C13H25NO4S. The summed E-state index contributed by atoms with van der Waals surface area (Å²) in [4.78, 5) is 11.1. The minimum atomic E-state index is -3.19. The molecule has 0 aromatic carbocycles. The predicted octanol–water partition coefficient (Wildman–Crippen LogP) is 1.83. The first-order valence-electron chi connectivity index (χ1n) is 7.16. The molecule has 0 amide bonds. The van der Waals surface area contributed by atoms with Crippen LogP contribution in [-0.4, -0.2) is 33.3 Å². The summed E-state index contributed by atoms with van der Waals surface area (Å²) in [7, 11) is -3.19. The van der Waals surface area contributed by atoms with Crippen LogP contribution in [0.3, 0.4) is 0 Å². The van der Waals surface area contributed by atoms with E-state index in [0.717, 1.165) is 25.7 Å². The van der Waals surface area contributed by atoms with E-state index < -0.39 is 10.0 Å². The minimum absolute atomic E-state index is 0.229. The molecule has 1 N–H and O–H groups in total. The first-order valence-corrected chi connectivity index (χ1v) is 8.81. The van der Waals surface area contributed by atoms with Crippen LogP contribution in [0.1, 0.15) is 51.9 Å². The number of hydrogen-bond donors (Lipinski definition) is 1. The molecule has 19 heavy (non-hydrogen) atoms. The number of nitrogens with one attached hydrogen (secondary N) is 1. The number of hydrogen-bond acceptors (Lipinski definition) is 4. The first-order chi connectivity index (χ1) is 9.03. The molecule has 1 fully saturated rings. The molecule has 1 rings (SSSR count). The number of ether oxygens (including phenoxy) is 1. The summed E-state index contributed by atoms with van der Waals surface area (Å²) in [6, 6.07) is 0. The summed E-state index contributed by atoms with van der Waals surface area (Å²) in [5.41, 5.74) is 0. The van der Waals surface area contributed by atoms with E-state index in [0.29, 0.717) is 25.5 Å². The van der Waals surface area contributed by atoms with Crippen LogP contribution in [0.15, 0.2) is 0 Å². The van der Waals surface area contributed by atoms with Crippen molar-refractivity contribution in [3.8, 4) is 0 Å². The maximum absolute atomic E-state index is 11.8. The Bertz CT molecular complexity index is 361. The highest BCUT2D eigenvalue weighted by Gasteiger charge is 2.20. The molecule has 1 saturated carbocycles. The lowest BCUT2D eigenvalue weighted by molar-refractivity contribution is -0.143. The molecule has 0 radical (unpaired) electrons. The van der Waals surface area contributed by atoms with Gasteiger partial charge in [-0.05, 0) is 32.1 Å². The molecule has 1 aliphatic carbocycles. The fourth-order valence-electron chi connectivity index (χ4n) is 2.42. The van der Waals surface area contributed by atoms with E-state index in [2.05, 4.69) is 4.72 Å². The molecular weight excluding hydrogens is 266 g/mol. The van der Waals surface area contributed by atoms with Crippen LogP contribution < -0.4 is 4.72 Å². The number of carbonyl (C=O) groups excluding carboxylic acids is 1. The van der Waals surface area contributed by atoms with E-state index in [9.17, 15) is 13.2 Å². The van der Waals surface area contributed by atoms with Gasteiger partial charge in [0.15, 0.2) is 0 Å². The van der Waals surface area contributed by atoms with Gasteiger partial charge in [0.25, 0.3) is 0 Å². The zero-order valence-corrected chi connectivity index (χ0v) is 12.5. The third-order valence-corrected chi connectivity index (χ3v) is 4.92. The maximum Gasteiger partial charge on any atom is 0.305 e. The minimum Gasteiger partial charge on any atom is -0.466 e. The average molecular weight is 291 g/mol. The second-order valence-electron chi connectivity index (χ2n) is 5.09. The zero-order valence-electron chi connectivity index (χ0n) is 11.7. The highest BCUT2D eigenvalue weighted by Crippen LogP contribution is 2.24. The van der Waals surface area contributed by atoms with E-state index in [-0.39, 0.29) is 18.1 Å². The second-order valence-corrected chi connectivity index (χ2v) is 6.94. The maximum atomic E-state index is 11.8. The van der Waals surface area contributed by atoms with Gasteiger partial charge in [0.05, 0.1) is 12.4 Å². The van der Waals surface area contributed by atoms with Gasteiger partial charge in [-0.2, -0.15) is 0 Å². The van der Waals surface area contributed by atoms with Crippen molar-refractivity contribution in [2.75, 3.05) is 18.9 Å². The molecule has 0 unspecified atom stereocenters. The Morgan fingerprint density at radius 1 is 1.26 bits per heavy atom. The molecule has 1 aliphatic rings. The summed E-state index contributed by atoms with van der Waals surface area (Å²) in [6.45, 7) is 2.44. The van der Waals surface area contributed by atoms with Crippen molar-refractivity contribution in [3.05, 3.63) is 0 Å². The number of rotatable bonds is 8. The normalized spacial score (nSPS) is 17.3. The quantitative estimate of drug-likeness (QED) is 0.547. The Labute approximate surface area is 116 Å². The van der Waals surface area contributed by atoms with Gasteiger partial charge in [-0.1, -0.05) is 19.3 Å². The zero-order chi connectivity index (χ0) is 14.1. The molecule has 5 nitrogen and oxygen atoms in total. The largest absolute Gasteiger partial charge is 0.466 e. The van der Waals surface area contributed by atoms with Crippen molar-refractivity contribution < 1.29 is 17.9 Å². The van der Waals surface area contributed by atoms with Crippen LogP contribution in [0.2, 0.25) is 0 Å². The molecule has 0 aromatic rings. The van der Waals surface area contributed by atoms with Crippen LogP contribution in [-0.2, 0) is 19.6 Å². The lowest BCUT2D eigenvalue weighted by Crippen LogP contribution is -2.31. The van der Waals surface area contributed by atoms with Gasteiger partial charge in [-0.25, -0.2) is 13.1 Å². The Hall–Kier alpha value is -0.620. The Morgan fingerprint density at radius 2 is 1.95 bits per heavy atom. The van der Waals surface area contributed by atoms with Gasteiger partial charge >= 0.3 is 5.97 Å². The van der Waals surface area contributed by atoms with Gasteiger partial charge in [0, 0.05) is 13.0 Å². The number of carbonyl (C=O) groups is 1. The molecule has 0 heterocycles. The molecule has 0 atom stereocenters. The van der Waals surface area contributed by atoms with E-state index >= 15 is 0 Å². The fourth-order valence-corrected chi connectivity index (χ4v) is 3.94. The van der Waals surface area contributed by atoms with Gasteiger partial charge in [-0.15, -0.1) is 0 Å². The van der Waals surface area contributed by atoms with Crippen LogP contribution in [0.5, 0.6) is 0 Å². The third-order valence-electron chi connectivity index (χ3n) is 3.36. The lowest BCUT2D eigenvalue weighted by atomic mass is 9.91. The molecule has 0 aromatic heterocycles. The lowest BCUT2D eigenvalue weighted by Gasteiger charge is -2.21. The molecule has 0 spiro atoms. The van der Waals surface area contributed by atoms with E-state index in [4.69, 9.17) is 4.74 Å². The van der Waals surface area contributed by atoms with E-state index in [1.807, 2.05) is 0 Å². The van der Waals surface area contributed by atoms with Crippen molar-refractivity contribution in [1.29, 1.82) is 0 Å². The van der Waals surface area contributed by atoms with Crippen LogP contribution in [0, 0.1) is 5.92 Å². The fraction of sp³-hybridized carbons (Fsp3) is 0.923. The van der Waals surface area contributed by atoms with E-state index in [1.165, 1.54) is 6.42 Å². The summed E-state index contributed by atoms with van der Waals surface area (Å²) >= 11 is 0. The third kappa shape index (κ3) is 7.52. The van der Waals surface area contributed by atoms with Gasteiger partial charge < -0.3 is 4.74 Å². The summed E-state index contributed by atoms with van der Waals surface area (Å²) in [5, 5.41) is 0. The molecule has 6 heteroatoms. The summed E-state index contributed by atoms with van der Waals surface area (Å²) < 4.78 is 31.0. The standard InChI is InChI=1S/C13H25NO4S/c1-2-18-13(15)9-6-10-14-19(16,17)11-12-7-4-3-5-8-12/h12,14H,2-11H2,1H3. The van der Waals surface area contributed by atoms with Gasteiger partial charge in [-0.3, -0.25) is 4.79 Å². The highest BCUT2D eigenvalue weighted by atomic mass is 32.2. The van der Waals surface area contributed by atoms with Gasteiger partial charge in [0.2, 0.25) is 10.0 Å².